The summed E-state index contributed by atoms with van der Waals surface area (Å²) >= 11 is 0. The van der Waals surface area contributed by atoms with Crippen LogP contribution in [0.2, 0.25) is 0 Å². The van der Waals surface area contributed by atoms with Crippen molar-refractivity contribution in [2.75, 3.05) is 4.90 Å². The SMILES string of the molecule is O=C1C=CC(=O)N1c1cccc(Oc2ccc(O)cc2)c1. The summed E-state index contributed by atoms with van der Waals surface area (Å²) in [5.41, 5.74) is 0.450. The number of phenols is 1. The molecular weight excluding hydrogens is 270 g/mol. The van der Waals surface area contributed by atoms with Crippen LogP contribution in [0.1, 0.15) is 0 Å². The summed E-state index contributed by atoms with van der Waals surface area (Å²) in [4.78, 5) is 24.4. The standard InChI is InChI=1S/C16H11NO4/c18-12-4-6-13(7-5-12)21-14-3-1-2-11(10-14)17-15(19)8-9-16(17)20/h1-10,18H. The molecule has 0 aliphatic carbocycles. The molecule has 2 amide bonds. The van der Waals surface area contributed by atoms with Crippen LogP contribution < -0.4 is 9.64 Å². The Balaban J connectivity index is 1.85. The molecule has 1 aliphatic heterocycles. The van der Waals surface area contributed by atoms with Crippen molar-refractivity contribution in [1.82, 2.24) is 0 Å². The fraction of sp³-hybridized carbons (Fsp3) is 0. The fourth-order valence-electron chi connectivity index (χ4n) is 1.99. The maximum absolute atomic E-state index is 11.6. The van der Waals surface area contributed by atoms with E-state index in [1.54, 1.807) is 36.4 Å². The predicted octanol–water partition coefficient (Wildman–Crippen LogP) is 2.61. The van der Waals surface area contributed by atoms with E-state index in [2.05, 4.69) is 0 Å². The highest BCUT2D eigenvalue weighted by Gasteiger charge is 2.25. The third-order valence-corrected chi connectivity index (χ3v) is 2.96. The second-order valence-corrected chi connectivity index (χ2v) is 4.44. The van der Waals surface area contributed by atoms with Crippen molar-refractivity contribution >= 4 is 17.5 Å². The van der Waals surface area contributed by atoms with E-state index >= 15 is 0 Å². The molecule has 1 aliphatic rings. The van der Waals surface area contributed by atoms with Crippen LogP contribution in [0.3, 0.4) is 0 Å². The van der Waals surface area contributed by atoms with Crippen molar-refractivity contribution in [1.29, 1.82) is 0 Å². The molecule has 1 N–H and O–H groups in total. The molecular formula is C16H11NO4. The predicted molar refractivity (Wildman–Crippen MR) is 76.3 cm³/mol. The van der Waals surface area contributed by atoms with Gasteiger partial charge in [0.05, 0.1) is 5.69 Å². The number of carbonyl (C=O) groups excluding carboxylic acids is 2. The van der Waals surface area contributed by atoms with E-state index < -0.39 is 0 Å². The summed E-state index contributed by atoms with van der Waals surface area (Å²) in [7, 11) is 0. The van der Waals surface area contributed by atoms with Crippen molar-refractivity contribution in [3.63, 3.8) is 0 Å². The molecule has 5 heteroatoms. The monoisotopic (exact) mass is 281 g/mol. The smallest absolute Gasteiger partial charge is 0.258 e. The minimum atomic E-state index is -0.373. The Morgan fingerprint density at radius 2 is 1.52 bits per heavy atom. The number of amides is 2. The molecule has 0 radical (unpaired) electrons. The number of hydrogen-bond donors (Lipinski definition) is 1. The summed E-state index contributed by atoms with van der Waals surface area (Å²) in [5.74, 6) is 0.437. The van der Waals surface area contributed by atoms with Gasteiger partial charge in [-0.2, -0.15) is 0 Å². The van der Waals surface area contributed by atoms with Crippen molar-refractivity contribution in [3.8, 4) is 17.2 Å². The number of aromatic hydroxyl groups is 1. The number of nitrogens with zero attached hydrogens (tertiary/aromatic N) is 1. The third kappa shape index (κ3) is 2.62. The molecule has 0 saturated carbocycles. The summed E-state index contributed by atoms with van der Waals surface area (Å²) in [6.45, 7) is 0. The first kappa shape index (κ1) is 12.9. The van der Waals surface area contributed by atoms with Crippen LogP contribution in [0.15, 0.2) is 60.7 Å². The summed E-state index contributed by atoms with van der Waals surface area (Å²) < 4.78 is 5.62. The van der Waals surface area contributed by atoms with E-state index in [0.29, 0.717) is 17.2 Å². The topological polar surface area (TPSA) is 66.8 Å². The Kier molecular flexibility index (Phi) is 3.16. The number of benzene rings is 2. The van der Waals surface area contributed by atoms with Gasteiger partial charge in [-0.3, -0.25) is 9.59 Å². The molecule has 0 unspecified atom stereocenters. The largest absolute Gasteiger partial charge is 0.508 e. The van der Waals surface area contributed by atoms with E-state index in [1.807, 2.05) is 0 Å². The number of hydrogen-bond acceptors (Lipinski definition) is 4. The van der Waals surface area contributed by atoms with E-state index in [4.69, 9.17) is 4.74 Å². The van der Waals surface area contributed by atoms with Gasteiger partial charge in [-0.25, -0.2) is 4.90 Å². The van der Waals surface area contributed by atoms with Crippen LogP contribution in [-0.2, 0) is 9.59 Å². The molecule has 0 fully saturated rings. The maximum Gasteiger partial charge on any atom is 0.258 e. The molecule has 0 spiro atoms. The molecule has 3 rings (SSSR count). The first-order valence-corrected chi connectivity index (χ1v) is 6.26. The first-order valence-electron chi connectivity index (χ1n) is 6.26. The minimum absolute atomic E-state index is 0.149. The lowest BCUT2D eigenvalue weighted by Gasteiger charge is -2.15. The summed E-state index contributed by atoms with van der Waals surface area (Å²) in [6.07, 6.45) is 2.46. The number of ether oxygens (including phenoxy) is 1. The van der Waals surface area contributed by atoms with Gasteiger partial charge in [-0.1, -0.05) is 6.07 Å². The molecule has 5 nitrogen and oxygen atoms in total. The second kappa shape index (κ2) is 5.13. The van der Waals surface area contributed by atoms with Gasteiger partial charge in [-0.05, 0) is 36.4 Å². The molecule has 1 heterocycles. The van der Waals surface area contributed by atoms with Crippen molar-refractivity contribution in [2.45, 2.75) is 0 Å². The zero-order chi connectivity index (χ0) is 14.8. The molecule has 0 saturated heterocycles. The van der Waals surface area contributed by atoms with Crippen molar-refractivity contribution in [3.05, 3.63) is 60.7 Å². The second-order valence-electron chi connectivity index (χ2n) is 4.44. The van der Waals surface area contributed by atoms with Gasteiger partial charge < -0.3 is 9.84 Å². The zero-order valence-corrected chi connectivity index (χ0v) is 10.9. The molecule has 0 aromatic heterocycles. The lowest BCUT2D eigenvalue weighted by Crippen LogP contribution is -2.29. The van der Waals surface area contributed by atoms with Gasteiger partial charge in [0.15, 0.2) is 0 Å². The van der Waals surface area contributed by atoms with E-state index in [9.17, 15) is 14.7 Å². The van der Waals surface area contributed by atoms with Crippen molar-refractivity contribution < 1.29 is 19.4 Å². The summed E-state index contributed by atoms with van der Waals surface area (Å²) in [6, 6.07) is 12.9. The van der Waals surface area contributed by atoms with Crippen LogP contribution in [0, 0.1) is 0 Å². The van der Waals surface area contributed by atoms with Gasteiger partial charge in [0.2, 0.25) is 0 Å². The number of anilines is 1. The lowest BCUT2D eigenvalue weighted by atomic mass is 10.2. The highest BCUT2D eigenvalue weighted by molar-refractivity contribution is 6.28. The van der Waals surface area contributed by atoms with Crippen LogP contribution in [0.25, 0.3) is 0 Å². The average Bonchev–Trinajstić information content (AvgIpc) is 2.81. The van der Waals surface area contributed by atoms with Crippen LogP contribution in [-0.4, -0.2) is 16.9 Å². The van der Waals surface area contributed by atoms with Gasteiger partial charge in [0, 0.05) is 18.2 Å². The van der Waals surface area contributed by atoms with Gasteiger partial charge in [0.1, 0.15) is 17.2 Å². The van der Waals surface area contributed by atoms with E-state index in [-0.39, 0.29) is 17.6 Å². The van der Waals surface area contributed by atoms with Gasteiger partial charge >= 0.3 is 0 Å². The Hall–Kier alpha value is -3.08. The third-order valence-electron chi connectivity index (χ3n) is 2.96. The first-order chi connectivity index (χ1) is 10.1. The minimum Gasteiger partial charge on any atom is -0.508 e. The van der Waals surface area contributed by atoms with Gasteiger partial charge in [-0.15, -0.1) is 0 Å². The van der Waals surface area contributed by atoms with E-state index in [1.165, 1.54) is 24.3 Å². The Labute approximate surface area is 120 Å². The number of imide groups is 1. The molecule has 2 aromatic rings. The Bertz CT molecular complexity index is 716. The summed E-state index contributed by atoms with van der Waals surface area (Å²) in [5, 5.41) is 9.22. The number of phenolic OH excluding ortho intramolecular Hbond substituents is 1. The van der Waals surface area contributed by atoms with E-state index in [0.717, 1.165) is 4.90 Å². The maximum atomic E-state index is 11.6. The molecule has 0 atom stereocenters. The van der Waals surface area contributed by atoms with Crippen LogP contribution in [0.4, 0.5) is 5.69 Å². The highest BCUT2D eigenvalue weighted by Crippen LogP contribution is 2.28. The fourth-order valence-corrected chi connectivity index (χ4v) is 1.99. The quantitative estimate of drug-likeness (QED) is 0.878. The number of carbonyl (C=O) groups is 2. The molecule has 2 aromatic carbocycles. The number of rotatable bonds is 3. The molecule has 21 heavy (non-hydrogen) atoms. The molecule has 104 valence electrons. The van der Waals surface area contributed by atoms with Crippen LogP contribution in [0.5, 0.6) is 17.2 Å². The average molecular weight is 281 g/mol. The van der Waals surface area contributed by atoms with Crippen molar-refractivity contribution in [2.24, 2.45) is 0 Å². The molecule has 0 bridgehead atoms. The Morgan fingerprint density at radius 3 is 2.19 bits per heavy atom. The highest BCUT2D eigenvalue weighted by atomic mass is 16.5. The Morgan fingerprint density at radius 1 is 0.857 bits per heavy atom. The lowest BCUT2D eigenvalue weighted by molar-refractivity contribution is -0.119. The van der Waals surface area contributed by atoms with Crippen LogP contribution >= 0.6 is 0 Å². The van der Waals surface area contributed by atoms with Gasteiger partial charge in [0.25, 0.3) is 11.8 Å². The zero-order valence-electron chi connectivity index (χ0n) is 10.9. The normalized spacial score (nSPS) is 13.8.